The van der Waals surface area contributed by atoms with Crippen molar-refractivity contribution in [2.24, 2.45) is 11.7 Å². The number of amides is 1. The first-order valence-corrected chi connectivity index (χ1v) is 7.36. The van der Waals surface area contributed by atoms with Gasteiger partial charge in [-0.1, -0.05) is 6.42 Å². The Bertz CT molecular complexity index is 283. The monoisotopic (exact) mass is 290 g/mol. The number of ether oxygens (including phenoxy) is 1. The minimum Gasteiger partial charge on any atom is -0.376 e. The van der Waals surface area contributed by atoms with Crippen molar-refractivity contribution in [2.75, 3.05) is 19.7 Å². The topological polar surface area (TPSA) is 55.6 Å². The molecule has 1 saturated heterocycles. The van der Waals surface area contributed by atoms with Crippen LogP contribution in [0.2, 0.25) is 0 Å². The quantitative estimate of drug-likeness (QED) is 0.861. The SMILES string of the molecule is CCN(CC1CCCO1)C(=O)C1CCCC(N)C1.Cl. The van der Waals surface area contributed by atoms with Crippen molar-refractivity contribution in [3.05, 3.63) is 0 Å². The van der Waals surface area contributed by atoms with Gasteiger partial charge in [0.1, 0.15) is 0 Å². The summed E-state index contributed by atoms with van der Waals surface area (Å²) in [5.74, 6) is 0.443. The summed E-state index contributed by atoms with van der Waals surface area (Å²) in [6.45, 7) is 4.45. The average molecular weight is 291 g/mol. The Morgan fingerprint density at radius 3 is 2.68 bits per heavy atom. The second-order valence-electron chi connectivity index (χ2n) is 5.64. The number of hydrogen-bond donors (Lipinski definition) is 1. The summed E-state index contributed by atoms with van der Waals surface area (Å²) in [6.07, 6.45) is 6.51. The summed E-state index contributed by atoms with van der Waals surface area (Å²) in [7, 11) is 0. The second kappa shape index (κ2) is 8.08. The van der Waals surface area contributed by atoms with E-state index in [0.717, 1.165) is 58.2 Å². The highest BCUT2D eigenvalue weighted by Gasteiger charge is 2.30. The summed E-state index contributed by atoms with van der Waals surface area (Å²) in [6, 6.07) is 0.217. The lowest BCUT2D eigenvalue weighted by atomic mass is 9.85. The van der Waals surface area contributed by atoms with Crippen molar-refractivity contribution in [3.63, 3.8) is 0 Å². The van der Waals surface area contributed by atoms with Gasteiger partial charge in [-0.3, -0.25) is 4.79 Å². The van der Waals surface area contributed by atoms with Crippen molar-refractivity contribution in [2.45, 2.75) is 57.6 Å². The molecule has 3 unspecified atom stereocenters. The maximum Gasteiger partial charge on any atom is 0.225 e. The Labute approximate surface area is 122 Å². The predicted octanol–water partition coefficient (Wildman–Crippen LogP) is 1.95. The number of carbonyl (C=O) groups is 1. The minimum atomic E-state index is 0. The molecule has 0 aromatic heterocycles. The summed E-state index contributed by atoms with van der Waals surface area (Å²) in [4.78, 5) is 14.4. The highest BCUT2D eigenvalue weighted by molar-refractivity contribution is 5.85. The van der Waals surface area contributed by atoms with Gasteiger partial charge in [-0.2, -0.15) is 0 Å². The first-order chi connectivity index (χ1) is 8.70. The van der Waals surface area contributed by atoms with Gasteiger partial charge in [0.05, 0.1) is 6.10 Å². The molecule has 0 bridgehead atoms. The lowest BCUT2D eigenvalue weighted by molar-refractivity contribution is -0.138. The fraction of sp³-hybridized carbons (Fsp3) is 0.929. The smallest absolute Gasteiger partial charge is 0.225 e. The van der Waals surface area contributed by atoms with E-state index in [2.05, 4.69) is 6.92 Å². The molecule has 19 heavy (non-hydrogen) atoms. The number of halogens is 1. The molecule has 2 N–H and O–H groups in total. The first-order valence-electron chi connectivity index (χ1n) is 7.36. The molecule has 1 aliphatic heterocycles. The van der Waals surface area contributed by atoms with Crippen LogP contribution in [-0.4, -0.2) is 42.6 Å². The van der Waals surface area contributed by atoms with E-state index in [0.29, 0.717) is 5.91 Å². The van der Waals surface area contributed by atoms with Crippen molar-refractivity contribution < 1.29 is 9.53 Å². The lowest BCUT2D eigenvalue weighted by Crippen LogP contribution is -2.43. The molecule has 4 nitrogen and oxygen atoms in total. The van der Waals surface area contributed by atoms with E-state index in [1.807, 2.05) is 4.90 Å². The van der Waals surface area contributed by atoms with E-state index in [1.54, 1.807) is 0 Å². The van der Waals surface area contributed by atoms with Crippen LogP contribution in [0.3, 0.4) is 0 Å². The van der Waals surface area contributed by atoms with Crippen LogP contribution >= 0.6 is 12.4 Å². The molecular formula is C14H27ClN2O2. The van der Waals surface area contributed by atoms with Gasteiger partial charge in [-0.05, 0) is 39.0 Å². The molecule has 1 aliphatic carbocycles. The standard InChI is InChI=1S/C14H26N2O2.ClH/c1-2-16(10-13-7-4-8-18-13)14(17)11-5-3-6-12(15)9-11;/h11-13H,2-10,15H2,1H3;1H. The predicted molar refractivity (Wildman–Crippen MR) is 78.4 cm³/mol. The Hall–Kier alpha value is -0.320. The van der Waals surface area contributed by atoms with Crippen LogP contribution in [0.4, 0.5) is 0 Å². The fourth-order valence-electron chi connectivity index (χ4n) is 3.12. The van der Waals surface area contributed by atoms with Crippen LogP contribution in [0.25, 0.3) is 0 Å². The lowest BCUT2D eigenvalue weighted by Gasteiger charge is -2.32. The van der Waals surface area contributed by atoms with E-state index < -0.39 is 0 Å². The molecule has 2 aliphatic rings. The third-order valence-corrected chi connectivity index (χ3v) is 4.21. The zero-order valence-corrected chi connectivity index (χ0v) is 12.7. The Kier molecular flexibility index (Phi) is 7.11. The van der Waals surface area contributed by atoms with Crippen LogP contribution in [-0.2, 0) is 9.53 Å². The van der Waals surface area contributed by atoms with Crippen LogP contribution < -0.4 is 5.73 Å². The van der Waals surface area contributed by atoms with Gasteiger partial charge in [-0.25, -0.2) is 0 Å². The number of hydrogen-bond acceptors (Lipinski definition) is 3. The molecule has 0 aromatic carbocycles. The molecule has 1 saturated carbocycles. The summed E-state index contributed by atoms with van der Waals surface area (Å²) < 4.78 is 5.63. The van der Waals surface area contributed by atoms with Crippen molar-refractivity contribution in [3.8, 4) is 0 Å². The van der Waals surface area contributed by atoms with Crippen LogP contribution in [0.15, 0.2) is 0 Å². The third-order valence-electron chi connectivity index (χ3n) is 4.21. The van der Waals surface area contributed by atoms with E-state index in [-0.39, 0.29) is 30.5 Å². The highest BCUT2D eigenvalue weighted by atomic mass is 35.5. The first kappa shape index (κ1) is 16.7. The van der Waals surface area contributed by atoms with Crippen molar-refractivity contribution in [1.82, 2.24) is 4.90 Å². The molecule has 0 radical (unpaired) electrons. The molecule has 2 rings (SSSR count). The Balaban J connectivity index is 0.00000180. The molecule has 2 fully saturated rings. The number of nitrogens with zero attached hydrogens (tertiary/aromatic N) is 1. The number of nitrogens with two attached hydrogens (primary N) is 1. The van der Waals surface area contributed by atoms with E-state index in [9.17, 15) is 4.79 Å². The molecule has 3 atom stereocenters. The largest absolute Gasteiger partial charge is 0.376 e. The van der Waals surface area contributed by atoms with Gasteiger partial charge in [0.25, 0.3) is 0 Å². The molecule has 1 heterocycles. The highest BCUT2D eigenvalue weighted by Crippen LogP contribution is 2.25. The molecular weight excluding hydrogens is 264 g/mol. The van der Waals surface area contributed by atoms with Gasteiger partial charge in [0.15, 0.2) is 0 Å². The van der Waals surface area contributed by atoms with Crippen LogP contribution in [0, 0.1) is 5.92 Å². The minimum absolute atomic E-state index is 0. The maximum atomic E-state index is 12.5. The van der Waals surface area contributed by atoms with E-state index >= 15 is 0 Å². The Morgan fingerprint density at radius 2 is 2.11 bits per heavy atom. The third kappa shape index (κ3) is 4.62. The van der Waals surface area contributed by atoms with Gasteiger partial charge in [0.2, 0.25) is 5.91 Å². The van der Waals surface area contributed by atoms with Gasteiger partial charge in [0, 0.05) is 31.7 Å². The van der Waals surface area contributed by atoms with Crippen molar-refractivity contribution in [1.29, 1.82) is 0 Å². The average Bonchev–Trinajstić information content (AvgIpc) is 2.88. The second-order valence-corrected chi connectivity index (χ2v) is 5.64. The summed E-state index contributed by atoms with van der Waals surface area (Å²) >= 11 is 0. The van der Waals surface area contributed by atoms with Gasteiger partial charge in [-0.15, -0.1) is 12.4 Å². The van der Waals surface area contributed by atoms with E-state index in [1.165, 1.54) is 0 Å². The Morgan fingerprint density at radius 1 is 1.32 bits per heavy atom. The summed E-state index contributed by atoms with van der Waals surface area (Å²) in [5, 5.41) is 0. The van der Waals surface area contributed by atoms with Crippen molar-refractivity contribution >= 4 is 18.3 Å². The molecule has 112 valence electrons. The normalized spacial score (nSPS) is 30.7. The molecule has 5 heteroatoms. The number of carbonyl (C=O) groups excluding carboxylic acids is 1. The summed E-state index contributed by atoms with van der Waals surface area (Å²) in [5.41, 5.74) is 5.97. The molecule has 1 amide bonds. The van der Waals surface area contributed by atoms with Gasteiger partial charge < -0.3 is 15.4 Å². The fourth-order valence-corrected chi connectivity index (χ4v) is 3.12. The van der Waals surface area contributed by atoms with Crippen LogP contribution in [0.5, 0.6) is 0 Å². The zero-order chi connectivity index (χ0) is 13.0. The van der Waals surface area contributed by atoms with Gasteiger partial charge >= 0.3 is 0 Å². The maximum absolute atomic E-state index is 12.5. The zero-order valence-electron chi connectivity index (χ0n) is 11.8. The molecule has 0 spiro atoms. The van der Waals surface area contributed by atoms with E-state index in [4.69, 9.17) is 10.5 Å². The molecule has 0 aromatic rings. The number of rotatable bonds is 4. The number of likely N-dealkylation sites (N-methyl/N-ethyl adjacent to an activating group) is 1. The van der Waals surface area contributed by atoms with Crippen LogP contribution in [0.1, 0.15) is 45.4 Å².